The van der Waals surface area contributed by atoms with Crippen molar-refractivity contribution in [1.82, 2.24) is 5.32 Å². The van der Waals surface area contributed by atoms with Gasteiger partial charge in [0.1, 0.15) is 11.3 Å². The van der Waals surface area contributed by atoms with Crippen LogP contribution in [-0.4, -0.2) is 25.7 Å². The highest BCUT2D eigenvalue weighted by Gasteiger charge is 2.20. The van der Waals surface area contributed by atoms with Gasteiger partial charge in [-0.15, -0.1) is 0 Å². The van der Waals surface area contributed by atoms with E-state index < -0.39 is 0 Å². The van der Waals surface area contributed by atoms with Crippen LogP contribution in [0.5, 0.6) is 17.2 Å². The Hall–Kier alpha value is -3.15. The number of rotatable bonds is 9. The lowest BCUT2D eigenvalue weighted by atomic mass is 10.1. The molecule has 1 atom stereocenters. The van der Waals surface area contributed by atoms with Crippen molar-refractivity contribution in [3.05, 3.63) is 53.8 Å². The minimum atomic E-state index is -0.299. The van der Waals surface area contributed by atoms with Gasteiger partial charge in [0.05, 0.1) is 25.9 Å². The maximum absolute atomic E-state index is 12.9. The van der Waals surface area contributed by atoms with Gasteiger partial charge in [0, 0.05) is 10.9 Å². The van der Waals surface area contributed by atoms with E-state index in [-0.39, 0.29) is 11.9 Å². The number of ether oxygens (including phenoxy) is 3. The van der Waals surface area contributed by atoms with Gasteiger partial charge < -0.3 is 23.9 Å². The van der Waals surface area contributed by atoms with Gasteiger partial charge in [0.25, 0.3) is 5.91 Å². The maximum atomic E-state index is 12.9. The molecule has 3 rings (SSSR count). The smallest absolute Gasteiger partial charge is 0.252 e. The third-order valence-electron chi connectivity index (χ3n) is 4.39. The van der Waals surface area contributed by atoms with Crippen molar-refractivity contribution in [1.29, 1.82) is 0 Å². The number of benzene rings is 2. The van der Waals surface area contributed by atoms with E-state index in [1.165, 1.54) is 0 Å². The predicted molar refractivity (Wildman–Crippen MR) is 112 cm³/mol. The summed E-state index contributed by atoms with van der Waals surface area (Å²) in [4.78, 5) is 12.9. The van der Waals surface area contributed by atoms with Crippen molar-refractivity contribution >= 4 is 16.9 Å². The first kappa shape index (κ1) is 20.6. The number of fused-ring (bicyclic) bond motifs is 1. The number of hydrogen-bond donors (Lipinski definition) is 1. The molecule has 2 aromatic carbocycles. The van der Waals surface area contributed by atoms with Crippen LogP contribution in [0, 0.1) is 0 Å². The number of para-hydroxylation sites is 1. The summed E-state index contributed by atoms with van der Waals surface area (Å²) in [5, 5.41) is 3.98. The monoisotopic (exact) mass is 397 g/mol. The fourth-order valence-corrected chi connectivity index (χ4v) is 3.09. The largest absolute Gasteiger partial charge is 0.490 e. The Morgan fingerprint density at radius 2 is 1.59 bits per heavy atom. The lowest BCUT2D eigenvalue weighted by Gasteiger charge is -2.18. The van der Waals surface area contributed by atoms with Crippen LogP contribution in [0.3, 0.4) is 0 Å². The van der Waals surface area contributed by atoms with Gasteiger partial charge >= 0.3 is 0 Å². The van der Waals surface area contributed by atoms with Crippen molar-refractivity contribution in [3.8, 4) is 17.2 Å². The maximum Gasteiger partial charge on any atom is 0.252 e. The Morgan fingerprint density at radius 1 is 0.966 bits per heavy atom. The summed E-state index contributed by atoms with van der Waals surface area (Å²) in [6, 6.07) is 12.8. The quantitative estimate of drug-likeness (QED) is 0.543. The predicted octanol–water partition coefficient (Wildman–Crippen LogP) is 5.12. The molecule has 0 bridgehead atoms. The Kier molecular flexibility index (Phi) is 6.65. The molecule has 1 amide bonds. The number of carbonyl (C=O) groups is 1. The van der Waals surface area contributed by atoms with Gasteiger partial charge in [-0.2, -0.15) is 0 Å². The van der Waals surface area contributed by atoms with Crippen molar-refractivity contribution in [2.75, 3.05) is 19.8 Å². The Balaban J connectivity index is 1.86. The van der Waals surface area contributed by atoms with Crippen molar-refractivity contribution < 1.29 is 23.4 Å². The van der Waals surface area contributed by atoms with Crippen LogP contribution < -0.4 is 19.5 Å². The molecule has 6 nitrogen and oxygen atoms in total. The van der Waals surface area contributed by atoms with Crippen molar-refractivity contribution in [2.24, 2.45) is 0 Å². The molecule has 1 aromatic heterocycles. The summed E-state index contributed by atoms with van der Waals surface area (Å²) < 4.78 is 22.9. The zero-order chi connectivity index (χ0) is 20.8. The molecule has 0 saturated heterocycles. The molecule has 0 aliphatic rings. The second-order valence-corrected chi connectivity index (χ2v) is 6.48. The second-order valence-electron chi connectivity index (χ2n) is 6.48. The van der Waals surface area contributed by atoms with E-state index in [1.54, 1.807) is 12.1 Å². The van der Waals surface area contributed by atoms with E-state index in [0.29, 0.717) is 48.4 Å². The molecule has 0 spiro atoms. The van der Waals surface area contributed by atoms with E-state index in [9.17, 15) is 4.79 Å². The lowest BCUT2D eigenvalue weighted by molar-refractivity contribution is 0.0934. The van der Waals surface area contributed by atoms with Crippen LogP contribution in [-0.2, 0) is 0 Å². The molecule has 0 aliphatic carbocycles. The third kappa shape index (κ3) is 4.65. The molecule has 6 heteroatoms. The number of hydrogen-bond acceptors (Lipinski definition) is 5. The van der Waals surface area contributed by atoms with Crippen LogP contribution in [0.4, 0.5) is 0 Å². The fourth-order valence-electron chi connectivity index (χ4n) is 3.09. The molecule has 0 aliphatic heterocycles. The molecule has 1 N–H and O–H groups in total. The molecule has 1 heterocycles. The molecule has 154 valence electrons. The van der Waals surface area contributed by atoms with Gasteiger partial charge in [-0.05, 0) is 52.0 Å². The third-order valence-corrected chi connectivity index (χ3v) is 4.39. The van der Waals surface area contributed by atoms with E-state index in [0.717, 1.165) is 11.0 Å². The van der Waals surface area contributed by atoms with Crippen LogP contribution in [0.1, 0.15) is 49.9 Å². The molecule has 29 heavy (non-hydrogen) atoms. The summed E-state index contributed by atoms with van der Waals surface area (Å²) in [5.41, 5.74) is 1.23. The van der Waals surface area contributed by atoms with Gasteiger partial charge in [0.2, 0.25) is 5.75 Å². The zero-order valence-electron chi connectivity index (χ0n) is 17.3. The number of amides is 1. The van der Waals surface area contributed by atoms with E-state index in [1.807, 2.05) is 58.0 Å². The summed E-state index contributed by atoms with van der Waals surface area (Å²) in [5.74, 6) is 1.94. The highest BCUT2D eigenvalue weighted by atomic mass is 16.5. The first-order chi connectivity index (χ1) is 14.1. The standard InChI is InChI=1S/C23H27NO5/c1-5-26-20-13-17(14-21(27-6-2)22(20)28-7-3)23(25)24-15(4)19-12-16-10-8-9-11-18(16)29-19/h8-15H,5-7H2,1-4H3,(H,24,25)/t15-/m0/s1. The van der Waals surface area contributed by atoms with Crippen LogP contribution >= 0.6 is 0 Å². The first-order valence-electron chi connectivity index (χ1n) is 9.93. The molecule has 0 saturated carbocycles. The second kappa shape index (κ2) is 9.37. The molecule has 3 aromatic rings. The van der Waals surface area contributed by atoms with Crippen LogP contribution in [0.25, 0.3) is 11.0 Å². The van der Waals surface area contributed by atoms with Gasteiger partial charge in [-0.25, -0.2) is 0 Å². The molecule has 0 fully saturated rings. The summed E-state index contributed by atoms with van der Waals surface area (Å²) in [7, 11) is 0. The molecular formula is C23H27NO5. The van der Waals surface area contributed by atoms with E-state index >= 15 is 0 Å². The molecular weight excluding hydrogens is 370 g/mol. The van der Waals surface area contributed by atoms with Crippen molar-refractivity contribution in [2.45, 2.75) is 33.7 Å². The molecule has 0 radical (unpaired) electrons. The highest BCUT2D eigenvalue weighted by Crippen LogP contribution is 2.39. The lowest BCUT2D eigenvalue weighted by Crippen LogP contribution is -2.26. The topological polar surface area (TPSA) is 69.9 Å². The highest BCUT2D eigenvalue weighted by molar-refractivity contribution is 5.96. The summed E-state index contributed by atoms with van der Waals surface area (Å²) in [6.07, 6.45) is 0. The van der Waals surface area contributed by atoms with Gasteiger partial charge in [-0.3, -0.25) is 4.79 Å². The average molecular weight is 397 g/mol. The zero-order valence-corrected chi connectivity index (χ0v) is 17.3. The SMILES string of the molecule is CCOc1cc(C(=O)N[C@@H](C)c2cc3ccccc3o2)cc(OCC)c1OCC. The summed E-state index contributed by atoms with van der Waals surface area (Å²) >= 11 is 0. The number of nitrogens with one attached hydrogen (secondary N) is 1. The van der Waals surface area contributed by atoms with E-state index in [2.05, 4.69) is 5.32 Å². The van der Waals surface area contributed by atoms with Crippen molar-refractivity contribution in [3.63, 3.8) is 0 Å². The van der Waals surface area contributed by atoms with Gasteiger partial charge in [-0.1, -0.05) is 18.2 Å². The van der Waals surface area contributed by atoms with Crippen LogP contribution in [0.2, 0.25) is 0 Å². The normalized spacial score (nSPS) is 11.9. The van der Waals surface area contributed by atoms with E-state index in [4.69, 9.17) is 18.6 Å². The minimum absolute atomic E-state index is 0.247. The average Bonchev–Trinajstić information content (AvgIpc) is 3.15. The Labute approximate surface area is 170 Å². The Morgan fingerprint density at radius 3 is 2.17 bits per heavy atom. The molecule has 0 unspecified atom stereocenters. The first-order valence-corrected chi connectivity index (χ1v) is 9.93. The van der Waals surface area contributed by atoms with Gasteiger partial charge in [0.15, 0.2) is 11.5 Å². The minimum Gasteiger partial charge on any atom is -0.490 e. The number of carbonyl (C=O) groups excluding carboxylic acids is 1. The Bertz CT molecular complexity index is 918. The summed E-state index contributed by atoms with van der Waals surface area (Å²) in [6.45, 7) is 8.91. The van der Waals surface area contributed by atoms with Crippen LogP contribution in [0.15, 0.2) is 46.9 Å². The number of furan rings is 1. The fraction of sp³-hybridized carbons (Fsp3) is 0.348.